The molecule has 3 aromatic carbocycles. The van der Waals surface area contributed by atoms with Crippen LogP contribution in [0.2, 0.25) is 0 Å². The van der Waals surface area contributed by atoms with Crippen LogP contribution in [0.4, 0.5) is 8.78 Å². The number of benzene rings is 3. The highest BCUT2D eigenvalue weighted by atomic mass is 19.2. The highest BCUT2D eigenvalue weighted by Gasteiger charge is 2.24. The first kappa shape index (κ1) is 27.6. The Morgan fingerprint density at radius 2 is 1.37 bits per heavy atom. The fourth-order valence-corrected chi connectivity index (χ4v) is 5.17. The number of unbranched alkanes of at least 4 members (excludes halogenated alkanes) is 2. The SMILES string of the molecule is CC=COc1ccc(OC(=O)c2ccc(C3CCC(c4ccc(CCCCC)cc4)CC3)cc2)c(F)c1F. The van der Waals surface area contributed by atoms with Gasteiger partial charge in [-0.05, 0) is 98.2 Å². The monoisotopic (exact) mass is 518 g/mol. The van der Waals surface area contributed by atoms with Crippen molar-refractivity contribution in [3.05, 3.63) is 107 Å². The number of carbonyl (C=O) groups excluding carboxylic acids is 1. The molecule has 0 aromatic heterocycles. The van der Waals surface area contributed by atoms with E-state index >= 15 is 0 Å². The lowest BCUT2D eigenvalue weighted by molar-refractivity contribution is 0.0726. The lowest BCUT2D eigenvalue weighted by Gasteiger charge is -2.29. The molecule has 1 aliphatic carbocycles. The van der Waals surface area contributed by atoms with Crippen LogP contribution in [0, 0.1) is 11.6 Å². The Morgan fingerprint density at radius 3 is 1.95 bits per heavy atom. The minimum atomic E-state index is -1.26. The second kappa shape index (κ2) is 13.4. The summed E-state index contributed by atoms with van der Waals surface area (Å²) in [6.45, 7) is 3.92. The first-order valence-electron chi connectivity index (χ1n) is 13.7. The van der Waals surface area contributed by atoms with Crippen molar-refractivity contribution in [3.8, 4) is 11.5 Å². The van der Waals surface area contributed by atoms with Gasteiger partial charge >= 0.3 is 5.97 Å². The fraction of sp³-hybridized carbons (Fsp3) is 0.364. The number of rotatable bonds is 10. The number of halogens is 2. The molecule has 0 bridgehead atoms. The number of carbonyl (C=O) groups is 1. The highest BCUT2D eigenvalue weighted by molar-refractivity contribution is 5.91. The molecule has 0 unspecified atom stereocenters. The Bertz CT molecular complexity index is 1220. The lowest BCUT2D eigenvalue weighted by atomic mass is 9.76. The standard InChI is InChI=1S/C33H36F2O3/c1-3-5-6-7-23-8-10-24(11-9-23)25-12-14-26(15-13-25)27-16-18-28(19-17-27)33(36)38-30-21-20-29(37-22-4-2)31(34)32(30)35/h4,8-11,16-22,25-26H,3,5-7,12-15H2,1-2H3. The van der Waals surface area contributed by atoms with Gasteiger partial charge in [-0.15, -0.1) is 0 Å². The first-order chi connectivity index (χ1) is 18.5. The zero-order valence-electron chi connectivity index (χ0n) is 22.2. The molecule has 3 nitrogen and oxygen atoms in total. The van der Waals surface area contributed by atoms with Crippen molar-refractivity contribution in [2.24, 2.45) is 0 Å². The van der Waals surface area contributed by atoms with Crippen LogP contribution in [0.1, 0.15) is 97.7 Å². The molecule has 5 heteroatoms. The van der Waals surface area contributed by atoms with Crippen LogP contribution < -0.4 is 9.47 Å². The normalized spacial score (nSPS) is 17.5. The van der Waals surface area contributed by atoms with Gasteiger partial charge in [0.05, 0.1) is 11.8 Å². The van der Waals surface area contributed by atoms with Gasteiger partial charge in [-0.25, -0.2) is 4.79 Å². The summed E-state index contributed by atoms with van der Waals surface area (Å²) in [5.74, 6) is -2.92. The molecule has 0 radical (unpaired) electrons. The summed E-state index contributed by atoms with van der Waals surface area (Å²) in [4.78, 5) is 12.6. The smallest absolute Gasteiger partial charge is 0.343 e. The maximum absolute atomic E-state index is 14.4. The Hall–Kier alpha value is -3.47. The van der Waals surface area contributed by atoms with Gasteiger partial charge in [-0.3, -0.25) is 0 Å². The van der Waals surface area contributed by atoms with Crippen LogP contribution in [0.25, 0.3) is 0 Å². The molecular weight excluding hydrogens is 482 g/mol. The van der Waals surface area contributed by atoms with Crippen LogP contribution in [-0.2, 0) is 6.42 Å². The molecule has 1 aliphatic rings. The fourth-order valence-electron chi connectivity index (χ4n) is 5.17. The average Bonchev–Trinajstić information content (AvgIpc) is 2.96. The van der Waals surface area contributed by atoms with E-state index in [0.29, 0.717) is 11.8 Å². The zero-order valence-corrected chi connectivity index (χ0v) is 22.2. The molecule has 38 heavy (non-hydrogen) atoms. The number of aryl methyl sites for hydroxylation is 1. The molecule has 4 rings (SSSR count). The molecule has 0 atom stereocenters. The summed E-state index contributed by atoms with van der Waals surface area (Å²) >= 11 is 0. The Labute approximate surface area is 224 Å². The third kappa shape index (κ3) is 6.89. The maximum Gasteiger partial charge on any atom is 0.343 e. The van der Waals surface area contributed by atoms with Crippen molar-refractivity contribution in [2.45, 2.75) is 77.0 Å². The van der Waals surface area contributed by atoms with Gasteiger partial charge in [0.1, 0.15) is 0 Å². The van der Waals surface area contributed by atoms with Crippen LogP contribution in [-0.4, -0.2) is 5.97 Å². The van der Waals surface area contributed by atoms with Crippen LogP contribution >= 0.6 is 0 Å². The molecule has 3 aromatic rings. The molecule has 1 saturated carbocycles. The predicted molar refractivity (Wildman–Crippen MR) is 147 cm³/mol. The molecular formula is C33H36F2O3. The summed E-state index contributed by atoms with van der Waals surface area (Å²) in [5.41, 5.74) is 4.34. The lowest BCUT2D eigenvalue weighted by Crippen LogP contribution is -2.13. The van der Waals surface area contributed by atoms with Crippen molar-refractivity contribution in [1.29, 1.82) is 0 Å². The number of ether oxygens (including phenoxy) is 2. The van der Waals surface area contributed by atoms with Gasteiger partial charge in [0.25, 0.3) is 0 Å². The average molecular weight is 519 g/mol. The van der Waals surface area contributed by atoms with Crippen LogP contribution in [0.3, 0.4) is 0 Å². The number of esters is 1. The van der Waals surface area contributed by atoms with Gasteiger partial charge in [0.15, 0.2) is 11.5 Å². The van der Waals surface area contributed by atoms with E-state index in [2.05, 4.69) is 31.2 Å². The predicted octanol–water partition coefficient (Wildman–Crippen LogP) is 9.27. The van der Waals surface area contributed by atoms with Crippen LogP contribution in [0.5, 0.6) is 11.5 Å². The maximum atomic E-state index is 14.4. The minimum Gasteiger partial charge on any atom is -0.462 e. The van der Waals surface area contributed by atoms with E-state index in [1.54, 1.807) is 25.1 Å². The van der Waals surface area contributed by atoms with E-state index in [1.807, 2.05) is 12.1 Å². The second-order valence-corrected chi connectivity index (χ2v) is 10.0. The van der Waals surface area contributed by atoms with Gasteiger partial charge in [0, 0.05) is 0 Å². The van der Waals surface area contributed by atoms with Crippen molar-refractivity contribution in [1.82, 2.24) is 0 Å². The van der Waals surface area contributed by atoms with Crippen molar-refractivity contribution in [3.63, 3.8) is 0 Å². The van der Waals surface area contributed by atoms with Crippen molar-refractivity contribution in [2.75, 3.05) is 0 Å². The number of allylic oxidation sites excluding steroid dienone is 1. The van der Waals surface area contributed by atoms with E-state index in [-0.39, 0.29) is 11.3 Å². The summed E-state index contributed by atoms with van der Waals surface area (Å²) in [5, 5.41) is 0. The molecule has 0 amide bonds. The first-order valence-corrected chi connectivity index (χ1v) is 13.7. The Kier molecular flexibility index (Phi) is 9.69. The highest BCUT2D eigenvalue weighted by Crippen LogP contribution is 2.40. The molecule has 0 heterocycles. The van der Waals surface area contributed by atoms with E-state index < -0.39 is 23.4 Å². The number of hydrogen-bond acceptors (Lipinski definition) is 3. The van der Waals surface area contributed by atoms with Gasteiger partial charge in [-0.1, -0.05) is 62.2 Å². The molecule has 1 fully saturated rings. The summed E-state index contributed by atoms with van der Waals surface area (Å²) in [6, 6.07) is 18.9. The van der Waals surface area contributed by atoms with Gasteiger partial charge < -0.3 is 9.47 Å². The van der Waals surface area contributed by atoms with Crippen molar-refractivity contribution >= 4 is 5.97 Å². The second-order valence-electron chi connectivity index (χ2n) is 10.0. The topological polar surface area (TPSA) is 35.5 Å². The number of hydrogen-bond donors (Lipinski definition) is 0. The van der Waals surface area contributed by atoms with Crippen LogP contribution in [0.15, 0.2) is 73.0 Å². The quantitative estimate of drug-likeness (QED) is 0.116. The van der Waals surface area contributed by atoms with Gasteiger partial charge in [0.2, 0.25) is 11.6 Å². The largest absolute Gasteiger partial charge is 0.462 e. The third-order valence-corrected chi connectivity index (χ3v) is 7.41. The van der Waals surface area contributed by atoms with E-state index in [1.165, 1.54) is 54.3 Å². The summed E-state index contributed by atoms with van der Waals surface area (Å²) in [6.07, 6.45) is 12.2. The Balaban J connectivity index is 1.31. The molecule has 0 N–H and O–H groups in total. The molecule has 0 spiro atoms. The molecule has 200 valence electrons. The summed E-state index contributed by atoms with van der Waals surface area (Å²) < 4.78 is 38.7. The van der Waals surface area contributed by atoms with Crippen molar-refractivity contribution < 1.29 is 23.0 Å². The zero-order chi connectivity index (χ0) is 26.9. The van der Waals surface area contributed by atoms with E-state index in [9.17, 15) is 13.6 Å². The molecule has 0 saturated heterocycles. The minimum absolute atomic E-state index is 0.279. The van der Waals surface area contributed by atoms with E-state index in [4.69, 9.17) is 9.47 Å². The van der Waals surface area contributed by atoms with Gasteiger partial charge in [-0.2, -0.15) is 8.78 Å². The summed E-state index contributed by atoms with van der Waals surface area (Å²) in [7, 11) is 0. The third-order valence-electron chi connectivity index (χ3n) is 7.41. The molecule has 0 aliphatic heterocycles. The Morgan fingerprint density at radius 1 is 0.816 bits per heavy atom. The van der Waals surface area contributed by atoms with E-state index in [0.717, 1.165) is 32.1 Å².